The summed E-state index contributed by atoms with van der Waals surface area (Å²) in [5.41, 5.74) is 8.49. The number of hydrogen-bond donors (Lipinski definition) is 8. The van der Waals surface area contributed by atoms with Crippen LogP contribution in [0.3, 0.4) is 0 Å². The molecule has 1 aromatic heterocycles. The second-order valence-electron chi connectivity index (χ2n) is 8.46. The average Bonchev–Trinajstić information content (AvgIpc) is 3.29. The lowest BCUT2D eigenvalue weighted by molar-refractivity contribution is -0.138. The van der Waals surface area contributed by atoms with Crippen LogP contribution in [0.25, 0.3) is 10.9 Å². The molecule has 0 aliphatic rings. The molecule has 3 amide bonds. The summed E-state index contributed by atoms with van der Waals surface area (Å²) in [7, 11) is 0. The van der Waals surface area contributed by atoms with E-state index in [2.05, 4.69) is 33.6 Å². The first-order valence-electron chi connectivity index (χ1n) is 11.5. The number of aromatic amines is 1. The van der Waals surface area contributed by atoms with Crippen molar-refractivity contribution in [2.24, 2.45) is 5.73 Å². The fraction of sp³-hybridized carbons (Fsp3) is 0.280. The van der Waals surface area contributed by atoms with Gasteiger partial charge in [-0.15, -0.1) is 0 Å². The summed E-state index contributed by atoms with van der Waals surface area (Å²) >= 11 is 4.16. The largest absolute Gasteiger partial charge is 0.508 e. The van der Waals surface area contributed by atoms with Crippen LogP contribution < -0.4 is 21.7 Å². The van der Waals surface area contributed by atoms with Gasteiger partial charge in [-0.05, 0) is 35.7 Å². The Labute approximate surface area is 218 Å². The Hall–Kier alpha value is -4.03. The Morgan fingerprint density at radius 1 is 0.919 bits per heavy atom. The zero-order valence-electron chi connectivity index (χ0n) is 19.8. The highest BCUT2D eigenvalue weighted by Gasteiger charge is 2.28. The Morgan fingerprint density at radius 3 is 2.27 bits per heavy atom. The third-order valence-electron chi connectivity index (χ3n) is 5.69. The molecule has 0 bridgehead atoms. The number of carboxylic acid groups (broad SMARTS) is 1. The maximum atomic E-state index is 13.0. The molecule has 12 heteroatoms. The highest BCUT2D eigenvalue weighted by molar-refractivity contribution is 7.80. The number of amides is 3. The quantitative estimate of drug-likeness (QED) is 0.153. The third-order valence-corrected chi connectivity index (χ3v) is 6.06. The number of benzene rings is 2. The molecular weight excluding hydrogens is 498 g/mol. The SMILES string of the molecule is NC(Cc1c[nH]c2ccccc12)C(=O)NC(CS)C(=O)NC(Cc1ccc(O)cc1)C(=O)NCC(=O)O. The molecule has 0 spiro atoms. The van der Waals surface area contributed by atoms with Gasteiger partial charge in [-0.1, -0.05) is 30.3 Å². The molecule has 0 saturated carbocycles. The van der Waals surface area contributed by atoms with Crippen LogP contribution in [0.15, 0.2) is 54.7 Å². The normalized spacial score (nSPS) is 13.4. The number of para-hydroxylation sites is 1. The van der Waals surface area contributed by atoms with Crippen LogP contribution in [-0.4, -0.2) is 69.3 Å². The van der Waals surface area contributed by atoms with E-state index in [-0.39, 0.29) is 24.3 Å². The number of aliphatic carboxylic acids is 1. The second-order valence-corrected chi connectivity index (χ2v) is 8.82. The molecule has 2 aromatic carbocycles. The number of phenolic OH excluding ortho intramolecular Hbond substituents is 1. The van der Waals surface area contributed by atoms with Crippen molar-refractivity contribution in [2.45, 2.75) is 31.0 Å². The van der Waals surface area contributed by atoms with E-state index in [1.165, 1.54) is 12.1 Å². The van der Waals surface area contributed by atoms with E-state index in [0.717, 1.165) is 16.5 Å². The van der Waals surface area contributed by atoms with Crippen molar-refractivity contribution >= 4 is 47.2 Å². The third kappa shape index (κ3) is 7.72. The molecule has 0 saturated heterocycles. The van der Waals surface area contributed by atoms with Gasteiger partial charge in [-0.3, -0.25) is 19.2 Å². The molecule has 0 fully saturated rings. The lowest BCUT2D eigenvalue weighted by Gasteiger charge is -2.23. The van der Waals surface area contributed by atoms with Crippen molar-refractivity contribution in [2.75, 3.05) is 12.3 Å². The number of nitrogens with one attached hydrogen (secondary N) is 4. The second kappa shape index (κ2) is 12.8. The molecule has 0 radical (unpaired) electrons. The van der Waals surface area contributed by atoms with E-state index >= 15 is 0 Å². The lowest BCUT2D eigenvalue weighted by atomic mass is 10.0. The van der Waals surface area contributed by atoms with Gasteiger partial charge in [0.15, 0.2) is 0 Å². The van der Waals surface area contributed by atoms with Gasteiger partial charge in [0.05, 0.1) is 6.04 Å². The molecule has 11 nitrogen and oxygen atoms in total. The minimum atomic E-state index is -1.24. The standard InChI is InChI=1S/C25H29N5O6S/c26-18(10-15-11-27-19-4-2-1-3-17(15)19)23(34)30-21(13-37)25(36)29-20(24(35)28-12-22(32)33)9-14-5-7-16(31)8-6-14/h1-8,11,18,20-21,27,31,37H,9-10,12-13,26H2,(H,28,35)(H,29,36)(H,30,34)(H,32,33). The number of fused-ring (bicyclic) bond motifs is 1. The Balaban J connectivity index is 1.65. The van der Waals surface area contributed by atoms with Crippen molar-refractivity contribution in [3.05, 3.63) is 65.9 Å². The van der Waals surface area contributed by atoms with Crippen LogP contribution in [0.2, 0.25) is 0 Å². The molecule has 3 atom stereocenters. The molecule has 37 heavy (non-hydrogen) atoms. The maximum Gasteiger partial charge on any atom is 0.322 e. The van der Waals surface area contributed by atoms with Gasteiger partial charge >= 0.3 is 5.97 Å². The summed E-state index contributed by atoms with van der Waals surface area (Å²) in [5.74, 6) is -3.25. The fourth-order valence-corrected chi connectivity index (χ4v) is 4.00. The molecule has 3 rings (SSSR count). The molecule has 196 valence electrons. The number of rotatable bonds is 12. The van der Waals surface area contributed by atoms with Gasteiger partial charge in [0.2, 0.25) is 17.7 Å². The molecule has 1 heterocycles. The molecule has 0 aliphatic carbocycles. The van der Waals surface area contributed by atoms with Crippen molar-refractivity contribution in [1.29, 1.82) is 0 Å². The first-order valence-corrected chi connectivity index (χ1v) is 12.1. The number of aromatic hydroxyl groups is 1. The van der Waals surface area contributed by atoms with E-state index in [1.807, 2.05) is 24.3 Å². The number of aromatic nitrogens is 1. The summed E-state index contributed by atoms with van der Waals surface area (Å²) in [4.78, 5) is 52.3. The van der Waals surface area contributed by atoms with Crippen LogP contribution >= 0.6 is 12.6 Å². The van der Waals surface area contributed by atoms with Crippen molar-refractivity contribution < 1.29 is 29.4 Å². The number of hydrogen-bond acceptors (Lipinski definition) is 7. The number of carbonyl (C=O) groups is 4. The van der Waals surface area contributed by atoms with Crippen LogP contribution in [0.5, 0.6) is 5.75 Å². The zero-order chi connectivity index (χ0) is 26.9. The predicted molar refractivity (Wildman–Crippen MR) is 140 cm³/mol. The topological polar surface area (TPSA) is 187 Å². The number of carboxylic acids is 1. The average molecular weight is 528 g/mol. The van der Waals surface area contributed by atoms with Gasteiger partial charge in [0, 0.05) is 29.3 Å². The lowest BCUT2D eigenvalue weighted by Crippen LogP contribution is -2.57. The van der Waals surface area contributed by atoms with Crippen LogP contribution in [0.1, 0.15) is 11.1 Å². The Morgan fingerprint density at radius 2 is 1.59 bits per heavy atom. The Bertz CT molecular complexity index is 1260. The summed E-state index contributed by atoms with van der Waals surface area (Å²) < 4.78 is 0. The Kier molecular flexibility index (Phi) is 9.52. The van der Waals surface area contributed by atoms with Crippen LogP contribution in [-0.2, 0) is 32.0 Å². The number of thiol groups is 1. The number of nitrogens with two attached hydrogens (primary N) is 1. The first kappa shape index (κ1) is 27.6. The highest BCUT2D eigenvalue weighted by Crippen LogP contribution is 2.19. The van der Waals surface area contributed by atoms with Gasteiger partial charge in [-0.25, -0.2) is 0 Å². The minimum Gasteiger partial charge on any atom is -0.508 e. The van der Waals surface area contributed by atoms with Crippen molar-refractivity contribution in [3.8, 4) is 5.75 Å². The number of phenols is 1. The number of H-pyrrole nitrogens is 1. The predicted octanol–water partition coefficient (Wildman–Crippen LogP) is 0.0862. The van der Waals surface area contributed by atoms with E-state index in [1.54, 1.807) is 18.3 Å². The van der Waals surface area contributed by atoms with Crippen LogP contribution in [0, 0.1) is 0 Å². The summed E-state index contributed by atoms with van der Waals surface area (Å²) in [5, 5.41) is 26.7. The summed E-state index contributed by atoms with van der Waals surface area (Å²) in [6.07, 6.45) is 2.03. The van der Waals surface area contributed by atoms with E-state index in [0.29, 0.717) is 5.56 Å². The summed E-state index contributed by atoms with van der Waals surface area (Å²) in [6.45, 7) is -0.629. The molecule has 3 unspecified atom stereocenters. The molecule has 0 aliphatic heterocycles. The zero-order valence-corrected chi connectivity index (χ0v) is 20.7. The maximum absolute atomic E-state index is 13.0. The smallest absolute Gasteiger partial charge is 0.322 e. The van der Waals surface area contributed by atoms with E-state index in [4.69, 9.17) is 10.8 Å². The van der Waals surface area contributed by atoms with Gasteiger partial charge < -0.3 is 36.9 Å². The monoisotopic (exact) mass is 527 g/mol. The van der Waals surface area contributed by atoms with E-state index in [9.17, 15) is 24.3 Å². The van der Waals surface area contributed by atoms with Crippen LogP contribution in [0.4, 0.5) is 0 Å². The van der Waals surface area contributed by atoms with Gasteiger partial charge in [-0.2, -0.15) is 12.6 Å². The van der Waals surface area contributed by atoms with E-state index < -0.39 is 48.4 Å². The molecule has 8 N–H and O–H groups in total. The fourth-order valence-electron chi connectivity index (χ4n) is 3.74. The van der Waals surface area contributed by atoms with Gasteiger partial charge in [0.1, 0.15) is 24.4 Å². The van der Waals surface area contributed by atoms with Gasteiger partial charge in [0.25, 0.3) is 0 Å². The minimum absolute atomic E-state index is 0.0186. The molecule has 3 aromatic rings. The van der Waals surface area contributed by atoms with Crippen molar-refractivity contribution in [1.82, 2.24) is 20.9 Å². The molecular formula is C25H29N5O6S. The first-order chi connectivity index (χ1) is 17.7. The van der Waals surface area contributed by atoms with Crippen molar-refractivity contribution in [3.63, 3.8) is 0 Å². The number of carbonyl (C=O) groups excluding carboxylic acids is 3. The summed E-state index contributed by atoms with van der Waals surface area (Å²) in [6, 6.07) is 10.4. The highest BCUT2D eigenvalue weighted by atomic mass is 32.1.